The van der Waals surface area contributed by atoms with Crippen LogP contribution in [0.2, 0.25) is 0 Å². The van der Waals surface area contributed by atoms with E-state index in [1.807, 2.05) is 42.5 Å². The van der Waals surface area contributed by atoms with Gasteiger partial charge in [0.2, 0.25) is 0 Å². The molecule has 3 aromatic rings. The second-order valence-electron chi connectivity index (χ2n) is 5.94. The molecule has 0 amide bonds. The van der Waals surface area contributed by atoms with Crippen LogP contribution in [-0.4, -0.2) is 25.0 Å². The van der Waals surface area contributed by atoms with E-state index in [1.54, 1.807) is 44.7 Å². The average Bonchev–Trinajstić information content (AvgIpc) is 2.72. The third-order valence-corrected chi connectivity index (χ3v) is 4.35. The Kier molecular flexibility index (Phi) is 5.64. The number of benzene rings is 2. The SMILES string of the molecule is COc1ccc(C(=O)C(Cc2ccccn2)c2ccc(OC)cc2)cc1. The number of carbonyl (C=O) groups is 1. The van der Waals surface area contributed by atoms with E-state index in [1.165, 1.54) is 0 Å². The van der Waals surface area contributed by atoms with Gasteiger partial charge in [-0.3, -0.25) is 9.78 Å². The highest BCUT2D eigenvalue weighted by Gasteiger charge is 2.23. The van der Waals surface area contributed by atoms with Crippen molar-refractivity contribution in [2.24, 2.45) is 0 Å². The summed E-state index contributed by atoms with van der Waals surface area (Å²) in [5, 5.41) is 0. The Hall–Kier alpha value is -3.14. The molecule has 1 aromatic heterocycles. The molecule has 0 bridgehead atoms. The molecule has 2 aromatic carbocycles. The predicted molar refractivity (Wildman–Crippen MR) is 101 cm³/mol. The minimum atomic E-state index is -0.316. The van der Waals surface area contributed by atoms with E-state index < -0.39 is 0 Å². The Morgan fingerprint density at radius 2 is 1.50 bits per heavy atom. The van der Waals surface area contributed by atoms with Gasteiger partial charge in [0, 0.05) is 23.9 Å². The molecule has 4 heteroatoms. The summed E-state index contributed by atoms with van der Waals surface area (Å²) >= 11 is 0. The van der Waals surface area contributed by atoms with Crippen molar-refractivity contribution in [1.29, 1.82) is 0 Å². The van der Waals surface area contributed by atoms with Crippen molar-refractivity contribution in [1.82, 2.24) is 4.98 Å². The lowest BCUT2D eigenvalue weighted by Crippen LogP contribution is -2.16. The van der Waals surface area contributed by atoms with Gasteiger partial charge in [0.05, 0.1) is 20.1 Å². The molecule has 1 unspecified atom stereocenters. The van der Waals surface area contributed by atoms with E-state index in [0.717, 1.165) is 22.8 Å². The maximum absolute atomic E-state index is 13.2. The highest BCUT2D eigenvalue weighted by Crippen LogP contribution is 2.27. The topological polar surface area (TPSA) is 48.4 Å². The van der Waals surface area contributed by atoms with Gasteiger partial charge in [-0.25, -0.2) is 0 Å². The van der Waals surface area contributed by atoms with Gasteiger partial charge in [-0.2, -0.15) is 0 Å². The van der Waals surface area contributed by atoms with Crippen LogP contribution in [0.3, 0.4) is 0 Å². The summed E-state index contributed by atoms with van der Waals surface area (Å²) in [6, 6.07) is 20.6. The lowest BCUT2D eigenvalue weighted by molar-refractivity contribution is 0.0958. The number of aromatic nitrogens is 1. The smallest absolute Gasteiger partial charge is 0.170 e. The molecular formula is C22H21NO3. The minimum Gasteiger partial charge on any atom is -0.497 e. The number of hydrogen-bond acceptors (Lipinski definition) is 4. The summed E-state index contributed by atoms with van der Waals surface area (Å²) in [5.74, 6) is 1.24. The fourth-order valence-corrected chi connectivity index (χ4v) is 2.88. The van der Waals surface area contributed by atoms with E-state index in [9.17, 15) is 4.79 Å². The highest BCUT2D eigenvalue weighted by atomic mass is 16.5. The normalized spacial score (nSPS) is 11.6. The predicted octanol–water partition coefficient (Wildman–Crippen LogP) is 4.31. The van der Waals surface area contributed by atoms with Crippen LogP contribution in [0.15, 0.2) is 72.9 Å². The van der Waals surface area contributed by atoms with Gasteiger partial charge in [0.1, 0.15) is 11.5 Å². The number of nitrogens with zero attached hydrogens (tertiary/aromatic N) is 1. The molecule has 3 rings (SSSR count). The fraction of sp³-hybridized carbons (Fsp3) is 0.182. The lowest BCUT2D eigenvalue weighted by Gasteiger charge is -2.17. The van der Waals surface area contributed by atoms with Gasteiger partial charge in [-0.1, -0.05) is 18.2 Å². The van der Waals surface area contributed by atoms with Crippen LogP contribution in [-0.2, 0) is 6.42 Å². The second-order valence-corrected chi connectivity index (χ2v) is 5.94. The van der Waals surface area contributed by atoms with Crippen LogP contribution in [0.5, 0.6) is 11.5 Å². The van der Waals surface area contributed by atoms with Crippen LogP contribution in [0.4, 0.5) is 0 Å². The van der Waals surface area contributed by atoms with Crippen LogP contribution in [0.1, 0.15) is 27.5 Å². The lowest BCUT2D eigenvalue weighted by atomic mass is 9.87. The molecule has 4 nitrogen and oxygen atoms in total. The summed E-state index contributed by atoms with van der Waals surface area (Å²) in [6.45, 7) is 0. The van der Waals surface area contributed by atoms with E-state index in [-0.39, 0.29) is 11.7 Å². The average molecular weight is 347 g/mol. The first kappa shape index (κ1) is 17.7. The third kappa shape index (κ3) is 4.09. The summed E-state index contributed by atoms with van der Waals surface area (Å²) < 4.78 is 10.4. The Bertz CT molecular complexity index is 843. The quantitative estimate of drug-likeness (QED) is 0.598. The molecule has 0 saturated carbocycles. The molecule has 0 aliphatic heterocycles. The maximum atomic E-state index is 13.2. The number of Topliss-reactive ketones (excluding diaryl/α,β-unsaturated/α-hetero) is 1. The molecule has 26 heavy (non-hydrogen) atoms. The Labute approximate surface area is 153 Å². The molecule has 0 fully saturated rings. The maximum Gasteiger partial charge on any atom is 0.170 e. The molecule has 0 N–H and O–H groups in total. The number of carbonyl (C=O) groups excluding carboxylic acids is 1. The van der Waals surface area contributed by atoms with Crippen molar-refractivity contribution >= 4 is 5.78 Å². The number of rotatable bonds is 7. The first-order valence-electron chi connectivity index (χ1n) is 8.43. The van der Waals surface area contributed by atoms with Crippen LogP contribution < -0.4 is 9.47 Å². The Morgan fingerprint density at radius 3 is 2.04 bits per heavy atom. The molecule has 0 radical (unpaired) electrons. The monoisotopic (exact) mass is 347 g/mol. The van der Waals surface area contributed by atoms with Gasteiger partial charge in [0.25, 0.3) is 0 Å². The molecule has 0 aliphatic rings. The van der Waals surface area contributed by atoms with Crippen molar-refractivity contribution in [3.63, 3.8) is 0 Å². The first-order valence-corrected chi connectivity index (χ1v) is 8.43. The first-order chi connectivity index (χ1) is 12.7. The van der Waals surface area contributed by atoms with Gasteiger partial charge in [-0.15, -0.1) is 0 Å². The van der Waals surface area contributed by atoms with Crippen molar-refractivity contribution in [3.05, 3.63) is 89.7 Å². The van der Waals surface area contributed by atoms with Crippen LogP contribution in [0, 0.1) is 0 Å². The molecule has 0 saturated heterocycles. The van der Waals surface area contributed by atoms with E-state index in [2.05, 4.69) is 4.98 Å². The number of methoxy groups -OCH3 is 2. The van der Waals surface area contributed by atoms with Gasteiger partial charge >= 0.3 is 0 Å². The molecule has 1 heterocycles. The molecular weight excluding hydrogens is 326 g/mol. The van der Waals surface area contributed by atoms with Crippen molar-refractivity contribution in [3.8, 4) is 11.5 Å². The van der Waals surface area contributed by atoms with E-state index >= 15 is 0 Å². The zero-order valence-electron chi connectivity index (χ0n) is 14.9. The summed E-state index contributed by atoms with van der Waals surface area (Å²) in [6.07, 6.45) is 2.29. The summed E-state index contributed by atoms with van der Waals surface area (Å²) in [4.78, 5) is 17.6. The number of ketones is 1. The van der Waals surface area contributed by atoms with E-state index in [0.29, 0.717) is 12.0 Å². The standard InChI is InChI=1S/C22H21NO3/c1-25-19-10-6-16(7-11-19)21(15-18-5-3-4-14-23-18)22(24)17-8-12-20(26-2)13-9-17/h3-14,21H,15H2,1-2H3. The molecule has 0 aliphatic carbocycles. The Balaban J connectivity index is 1.93. The zero-order chi connectivity index (χ0) is 18.4. The van der Waals surface area contributed by atoms with Crippen LogP contribution in [0.25, 0.3) is 0 Å². The van der Waals surface area contributed by atoms with E-state index in [4.69, 9.17) is 9.47 Å². The summed E-state index contributed by atoms with van der Waals surface area (Å²) in [5.41, 5.74) is 2.48. The Morgan fingerprint density at radius 1 is 0.885 bits per heavy atom. The van der Waals surface area contributed by atoms with Gasteiger partial charge < -0.3 is 9.47 Å². The number of ether oxygens (including phenoxy) is 2. The van der Waals surface area contributed by atoms with Gasteiger partial charge in [0.15, 0.2) is 5.78 Å². The second kappa shape index (κ2) is 8.30. The van der Waals surface area contributed by atoms with Crippen molar-refractivity contribution < 1.29 is 14.3 Å². The van der Waals surface area contributed by atoms with Crippen molar-refractivity contribution in [2.75, 3.05) is 14.2 Å². The molecule has 132 valence electrons. The highest BCUT2D eigenvalue weighted by molar-refractivity contribution is 6.01. The summed E-state index contributed by atoms with van der Waals surface area (Å²) in [7, 11) is 3.24. The molecule has 1 atom stereocenters. The molecule has 0 spiro atoms. The minimum absolute atomic E-state index is 0.0588. The third-order valence-electron chi connectivity index (χ3n) is 4.35. The number of hydrogen-bond donors (Lipinski definition) is 0. The van der Waals surface area contributed by atoms with Crippen LogP contribution >= 0.6 is 0 Å². The fourth-order valence-electron chi connectivity index (χ4n) is 2.88. The zero-order valence-corrected chi connectivity index (χ0v) is 14.9. The number of pyridine rings is 1. The van der Waals surface area contributed by atoms with Crippen molar-refractivity contribution in [2.45, 2.75) is 12.3 Å². The van der Waals surface area contributed by atoms with Gasteiger partial charge in [-0.05, 0) is 54.1 Å². The largest absolute Gasteiger partial charge is 0.497 e.